The summed E-state index contributed by atoms with van der Waals surface area (Å²) in [6, 6.07) is 5.22. The van der Waals surface area contributed by atoms with Crippen LogP contribution >= 0.6 is 23.2 Å². The van der Waals surface area contributed by atoms with Crippen molar-refractivity contribution >= 4 is 40.7 Å². The number of benzene rings is 1. The minimum atomic E-state index is 0.429. The number of hydrogen-bond donors (Lipinski definition) is 1. The molecule has 1 aliphatic rings. The molecule has 7 heteroatoms. The predicted octanol–water partition coefficient (Wildman–Crippen LogP) is 3.52. The van der Waals surface area contributed by atoms with E-state index in [9.17, 15) is 0 Å². The second-order valence-corrected chi connectivity index (χ2v) is 5.43. The quantitative estimate of drug-likeness (QED) is 0.940. The molecule has 2 aromatic rings. The minimum Gasteiger partial charge on any atom is -0.355 e. The molecule has 5 nitrogen and oxygen atoms in total. The predicted molar refractivity (Wildman–Crippen MR) is 81.0 cm³/mol. The lowest BCUT2D eigenvalue weighted by molar-refractivity contribution is 0.890. The lowest BCUT2D eigenvalue weighted by Gasteiger charge is -2.16. The highest BCUT2D eigenvalue weighted by molar-refractivity contribution is 6.36. The molecule has 0 aliphatic carbocycles. The Morgan fingerprint density at radius 1 is 1.15 bits per heavy atom. The standard InChI is InChI=1S/C13H13Cl2N5/c14-9-3-4-11(10(15)7-9)17-13-18-12(8-16-19-13)20-5-1-2-6-20/h3-4,7-8H,1-2,5-6H2,(H,17,18,19). The van der Waals surface area contributed by atoms with Crippen molar-refractivity contribution in [3.8, 4) is 0 Å². The summed E-state index contributed by atoms with van der Waals surface area (Å²) in [4.78, 5) is 6.66. The summed E-state index contributed by atoms with van der Waals surface area (Å²) in [6.45, 7) is 2.03. The maximum atomic E-state index is 6.11. The van der Waals surface area contributed by atoms with Gasteiger partial charge in [-0.3, -0.25) is 0 Å². The van der Waals surface area contributed by atoms with Crippen LogP contribution in [-0.4, -0.2) is 28.3 Å². The number of hydrogen-bond acceptors (Lipinski definition) is 5. The topological polar surface area (TPSA) is 53.9 Å². The van der Waals surface area contributed by atoms with Gasteiger partial charge in [-0.05, 0) is 31.0 Å². The van der Waals surface area contributed by atoms with Gasteiger partial charge < -0.3 is 10.2 Å². The summed E-state index contributed by atoms with van der Waals surface area (Å²) in [5.74, 6) is 1.27. The highest BCUT2D eigenvalue weighted by atomic mass is 35.5. The van der Waals surface area contributed by atoms with Crippen LogP contribution in [0, 0.1) is 0 Å². The number of nitrogens with zero attached hydrogens (tertiary/aromatic N) is 4. The normalized spacial score (nSPS) is 14.6. The molecule has 0 atom stereocenters. The first kappa shape index (κ1) is 13.4. The molecule has 1 saturated heterocycles. The molecule has 0 spiro atoms. The number of anilines is 3. The smallest absolute Gasteiger partial charge is 0.249 e. The molecule has 20 heavy (non-hydrogen) atoms. The van der Waals surface area contributed by atoms with Crippen molar-refractivity contribution in [1.29, 1.82) is 0 Å². The van der Waals surface area contributed by atoms with E-state index >= 15 is 0 Å². The van der Waals surface area contributed by atoms with Gasteiger partial charge in [-0.15, -0.1) is 5.10 Å². The Kier molecular flexibility index (Phi) is 3.89. The first-order chi connectivity index (χ1) is 9.72. The largest absolute Gasteiger partial charge is 0.355 e. The van der Waals surface area contributed by atoms with Crippen LogP contribution in [0.4, 0.5) is 17.5 Å². The van der Waals surface area contributed by atoms with Gasteiger partial charge in [0.2, 0.25) is 5.95 Å². The molecule has 2 heterocycles. The van der Waals surface area contributed by atoms with Gasteiger partial charge in [0, 0.05) is 18.1 Å². The Balaban J connectivity index is 1.81. The second kappa shape index (κ2) is 5.81. The summed E-state index contributed by atoms with van der Waals surface area (Å²) >= 11 is 12.0. The molecule has 1 aromatic carbocycles. The Labute approximate surface area is 126 Å². The summed E-state index contributed by atoms with van der Waals surface area (Å²) in [6.07, 6.45) is 4.06. The lowest BCUT2D eigenvalue weighted by Crippen LogP contribution is -2.19. The summed E-state index contributed by atoms with van der Waals surface area (Å²) in [5, 5.41) is 12.1. The van der Waals surface area contributed by atoms with Gasteiger partial charge in [0.05, 0.1) is 16.9 Å². The van der Waals surface area contributed by atoms with Crippen LogP contribution in [0.2, 0.25) is 10.0 Å². The molecule has 0 bridgehead atoms. The van der Waals surface area contributed by atoms with Crippen LogP contribution in [-0.2, 0) is 0 Å². The van der Waals surface area contributed by atoms with E-state index in [4.69, 9.17) is 23.2 Å². The Morgan fingerprint density at radius 3 is 2.70 bits per heavy atom. The van der Waals surface area contributed by atoms with Gasteiger partial charge in [0.25, 0.3) is 0 Å². The van der Waals surface area contributed by atoms with Crippen molar-refractivity contribution in [3.63, 3.8) is 0 Å². The summed E-state index contributed by atoms with van der Waals surface area (Å²) in [7, 11) is 0. The first-order valence-corrected chi connectivity index (χ1v) is 7.15. The van der Waals surface area contributed by atoms with Crippen LogP contribution in [0.5, 0.6) is 0 Å². The Bertz CT molecular complexity index is 613. The second-order valence-electron chi connectivity index (χ2n) is 4.58. The molecular weight excluding hydrogens is 297 g/mol. The van der Waals surface area contributed by atoms with Gasteiger partial charge in [-0.2, -0.15) is 10.1 Å². The van der Waals surface area contributed by atoms with E-state index in [1.807, 2.05) is 0 Å². The van der Waals surface area contributed by atoms with Crippen LogP contribution in [0.15, 0.2) is 24.4 Å². The van der Waals surface area contributed by atoms with Crippen molar-refractivity contribution in [2.24, 2.45) is 0 Å². The zero-order chi connectivity index (χ0) is 13.9. The van der Waals surface area contributed by atoms with Crippen LogP contribution in [0.25, 0.3) is 0 Å². The van der Waals surface area contributed by atoms with Gasteiger partial charge >= 0.3 is 0 Å². The Morgan fingerprint density at radius 2 is 1.95 bits per heavy atom. The van der Waals surface area contributed by atoms with Crippen molar-refractivity contribution < 1.29 is 0 Å². The van der Waals surface area contributed by atoms with Crippen LogP contribution in [0.3, 0.4) is 0 Å². The first-order valence-electron chi connectivity index (χ1n) is 6.39. The number of nitrogens with one attached hydrogen (secondary N) is 1. The molecular formula is C13H13Cl2N5. The third-order valence-corrected chi connectivity index (χ3v) is 3.70. The number of rotatable bonds is 3. The fourth-order valence-electron chi connectivity index (χ4n) is 2.16. The third kappa shape index (κ3) is 2.94. The molecule has 0 saturated carbocycles. The molecule has 1 aromatic heterocycles. The molecule has 0 amide bonds. The SMILES string of the molecule is Clc1ccc(Nc2nncc(N3CCCC3)n2)c(Cl)c1. The van der Waals surface area contributed by atoms with Gasteiger partial charge in [0.1, 0.15) is 0 Å². The van der Waals surface area contributed by atoms with Gasteiger partial charge in [-0.1, -0.05) is 23.2 Å². The summed E-state index contributed by atoms with van der Waals surface area (Å²) in [5.41, 5.74) is 0.705. The molecule has 0 radical (unpaired) electrons. The van der Waals surface area contributed by atoms with Crippen molar-refractivity contribution in [2.75, 3.05) is 23.3 Å². The highest BCUT2D eigenvalue weighted by Crippen LogP contribution is 2.27. The van der Waals surface area contributed by atoms with E-state index in [1.165, 1.54) is 12.8 Å². The van der Waals surface area contributed by atoms with Crippen molar-refractivity contribution in [1.82, 2.24) is 15.2 Å². The Hall–Kier alpha value is -1.59. The third-order valence-electron chi connectivity index (χ3n) is 3.15. The molecule has 104 valence electrons. The van der Waals surface area contributed by atoms with Crippen molar-refractivity contribution in [2.45, 2.75) is 12.8 Å². The van der Waals surface area contributed by atoms with Crippen LogP contribution < -0.4 is 10.2 Å². The van der Waals surface area contributed by atoms with E-state index < -0.39 is 0 Å². The fourth-order valence-corrected chi connectivity index (χ4v) is 2.61. The van der Waals surface area contributed by atoms with Crippen molar-refractivity contribution in [3.05, 3.63) is 34.4 Å². The average Bonchev–Trinajstić information content (AvgIpc) is 2.96. The van der Waals surface area contributed by atoms with E-state index in [1.54, 1.807) is 24.4 Å². The monoisotopic (exact) mass is 309 g/mol. The average molecular weight is 310 g/mol. The van der Waals surface area contributed by atoms with E-state index in [0.29, 0.717) is 21.7 Å². The molecule has 1 fully saturated rings. The molecule has 1 aliphatic heterocycles. The number of aromatic nitrogens is 3. The van der Waals surface area contributed by atoms with Gasteiger partial charge in [0.15, 0.2) is 5.82 Å². The van der Waals surface area contributed by atoms with E-state index in [2.05, 4.69) is 25.4 Å². The fraction of sp³-hybridized carbons (Fsp3) is 0.308. The maximum absolute atomic E-state index is 6.11. The minimum absolute atomic E-state index is 0.429. The summed E-state index contributed by atoms with van der Waals surface area (Å²) < 4.78 is 0. The van der Waals surface area contributed by atoms with Crippen LogP contribution in [0.1, 0.15) is 12.8 Å². The zero-order valence-electron chi connectivity index (χ0n) is 10.7. The van der Waals surface area contributed by atoms with Gasteiger partial charge in [-0.25, -0.2) is 0 Å². The lowest BCUT2D eigenvalue weighted by atomic mass is 10.3. The molecule has 0 unspecified atom stereocenters. The molecule has 1 N–H and O–H groups in total. The maximum Gasteiger partial charge on any atom is 0.249 e. The zero-order valence-corrected chi connectivity index (χ0v) is 12.2. The van der Waals surface area contributed by atoms with E-state index in [-0.39, 0.29) is 0 Å². The number of halogens is 2. The molecule has 3 rings (SSSR count). The highest BCUT2D eigenvalue weighted by Gasteiger charge is 2.15. The van der Waals surface area contributed by atoms with E-state index in [0.717, 1.165) is 18.9 Å².